The summed E-state index contributed by atoms with van der Waals surface area (Å²) in [6.45, 7) is 4.36. The van der Waals surface area contributed by atoms with Crippen molar-refractivity contribution >= 4 is 10.4 Å². The molecule has 0 aromatic heterocycles. The maximum absolute atomic E-state index is 10.9. The zero-order chi connectivity index (χ0) is 16.0. The molecular weight excluding hydrogens is 302 g/mol. The fraction of sp³-hybridized carbons (Fsp3) is 1.00. The third-order valence-electron chi connectivity index (χ3n) is 3.77. The Morgan fingerprint density at radius 3 is 1.50 bits per heavy atom. The highest BCUT2D eigenvalue weighted by Gasteiger charge is 2.16. The van der Waals surface area contributed by atoms with E-state index in [1.807, 2.05) is 0 Å². The Morgan fingerprint density at radius 1 is 0.773 bits per heavy atom. The van der Waals surface area contributed by atoms with E-state index in [-0.39, 0.29) is 12.3 Å². The SMILES string of the molecule is CCCCCCCCC(CCCCCCC)OS(=O)(=O)O.N. The van der Waals surface area contributed by atoms with E-state index in [4.69, 9.17) is 8.74 Å². The standard InChI is InChI=1S/C16H34O4S.H3N/c1-3-5-7-9-11-13-15-16(20-21(17,18)19)14-12-10-8-6-4-2;/h16H,3-15H2,1-2H3,(H,17,18,19);1H3. The van der Waals surface area contributed by atoms with Crippen LogP contribution in [0, 0.1) is 0 Å². The Bertz CT molecular complexity index is 320. The van der Waals surface area contributed by atoms with E-state index in [2.05, 4.69) is 13.8 Å². The van der Waals surface area contributed by atoms with Crippen LogP contribution >= 0.6 is 0 Å². The molecule has 22 heavy (non-hydrogen) atoms. The Balaban J connectivity index is 0. The molecule has 0 heterocycles. The summed E-state index contributed by atoms with van der Waals surface area (Å²) in [6.07, 6.45) is 13.8. The van der Waals surface area contributed by atoms with Gasteiger partial charge in [-0.15, -0.1) is 0 Å². The van der Waals surface area contributed by atoms with Crippen molar-refractivity contribution in [3.8, 4) is 0 Å². The lowest BCUT2D eigenvalue weighted by atomic mass is 10.0. The average Bonchev–Trinajstić information content (AvgIpc) is 2.40. The van der Waals surface area contributed by atoms with Crippen molar-refractivity contribution in [3.05, 3.63) is 0 Å². The van der Waals surface area contributed by atoms with Crippen molar-refractivity contribution in [1.82, 2.24) is 6.15 Å². The first kappa shape index (κ1) is 24.1. The minimum atomic E-state index is -4.32. The molecule has 0 bridgehead atoms. The lowest BCUT2D eigenvalue weighted by Crippen LogP contribution is -2.18. The quantitative estimate of drug-likeness (QED) is 0.305. The van der Waals surface area contributed by atoms with Crippen molar-refractivity contribution in [2.24, 2.45) is 0 Å². The molecule has 136 valence electrons. The molecule has 0 amide bonds. The Labute approximate surface area is 137 Å². The summed E-state index contributed by atoms with van der Waals surface area (Å²) in [6, 6.07) is 0. The fourth-order valence-electron chi connectivity index (χ4n) is 2.54. The third-order valence-corrected chi connectivity index (χ3v) is 4.28. The lowest BCUT2D eigenvalue weighted by Gasteiger charge is -2.15. The monoisotopic (exact) mass is 339 g/mol. The van der Waals surface area contributed by atoms with Gasteiger partial charge in [0.1, 0.15) is 0 Å². The van der Waals surface area contributed by atoms with Gasteiger partial charge in [0.05, 0.1) is 6.10 Å². The molecule has 0 fully saturated rings. The normalized spacial score (nSPS) is 12.9. The maximum Gasteiger partial charge on any atom is 0.397 e. The van der Waals surface area contributed by atoms with Gasteiger partial charge in [0.15, 0.2) is 0 Å². The molecule has 0 aliphatic carbocycles. The van der Waals surface area contributed by atoms with Crippen molar-refractivity contribution in [2.45, 2.75) is 103 Å². The van der Waals surface area contributed by atoms with Crippen LogP contribution < -0.4 is 6.15 Å². The molecule has 0 saturated carbocycles. The topological polar surface area (TPSA) is 98.6 Å². The van der Waals surface area contributed by atoms with Crippen LogP contribution in [0.2, 0.25) is 0 Å². The molecule has 0 radical (unpaired) electrons. The first-order valence-electron chi connectivity index (χ1n) is 8.65. The largest absolute Gasteiger partial charge is 0.397 e. The first-order chi connectivity index (χ1) is 9.99. The van der Waals surface area contributed by atoms with Crippen LogP contribution in [0.4, 0.5) is 0 Å². The minimum absolute atomic E-state index is 0. The summed E-state index contributed by atoms with van der Waals surface area (Å²) in [5, 5.41) is 0. The average molecular weight is 340 g/mol. The minimum Gasteiger partial charge on any atom is -0.344 e. The highest BCUT2D eigenvalue weighted by molar-refractivity contribution is 7.80. The van der Waals surface area contributed by atoms with E-state index >= 15 is 0 Å². The highest BCUT2D eigenvalue weighted by atomic mass is 32.3. The van der Waals surface area contributed by atoms with Crippen LogP contribution in [0.15, 0.2) is 0 Å². The van der Waals surface area contributed by atoms with E-state index in [0.717, 1.165) is 38.5 Å². The summed E-state index contributed by atoms with van der Waals surface area (Å²) >= 11 is 0. The van der Waals surface area contributed by atoms with Crippen LogP contribution in [0.25, 0.3) is 0 Å². The van der Waals surface area contributed by atoms with E-state index < -0.39 is 10.4 Å². The Kier molecular flexibility index (Phi) is 17.2. The molecule has 6 heteroatoms. The predicted molar refractivity (Wildman–Crippen MR) is 92.8 cm³/mol. The van der Waals surface area contributed by atoms with Gasteiger partial charge in [-0.05, 0) is 12.8 Å². The second kappa shape index (κ2) is 15.7. The van der Waals surface area contributed by atoms with Gasteiger partial charge in [-0.25, -0.2) is 4.18 Å². The van der Waals surface area contributed by atoms with Crippen LogP contribution in [0.3, 0.4) is 0 Å². The smallest absolute Gasteiger partial charge is 0.344 e. The predicted octanol–water partition coefficient (Wildman–Crippen LogP) is 5.45. The van der Waals surface area contributed by atoms with Gasteiger partial charge in [0.2, 0.25) is 0 Å². The maximum atomic E-state index is 10.9. The number of rotatable bonds is 15. The van der Waals surface area contributed by atoms with Gasteiger partial charge < -0.3 is 6.15 Å². The molecule has 0 aromatic rings. The van der Waals surface area contributed by atoms with Crippen LogP contribution in [-0.4, -0.2) is 19.1 Å². The van der Waals surface area contributed by atoms with Crippen molar-refractivity contribution in [3.63, 3.8) is 0 Å². The van der Waals surface area contributed by atoms with Crippen molar-refractivity contribution in [2.75, 3.05) is 0 Å². The molecule has 5 nitrogen and oxygen atoms in total. The molecule has 4 N–H and O–H groups in total. The zero-order valence-electron chi connectivity index (χ0n) is 14.6. The Hall–Kier alpha value is -0.170. The first-order valence-corrected chi connectivity index (χ1v) is 10.0. The van der Waals surface area contributed by atoms with Gasteiger partial charge in [0, 0.05) is 0 Å². The second-order valence-electron chi connectivity index (χ2n) is 5.91. The zero-order valence-corrected chi connectivity index (χ0v) is 15.4. The van der Waals surface area contributed by atoms with Gasteiger partial charge in [-0.1, -0.05) is 84.5 Å². The van der Waals surface area contributed by atoms with Gasteiger partial charge >= 0.3 is 10.4 Å². The molecule has 0 spiro atoms. The summed E-state index contributed by atoms with van der Waals surface area (Å²) in [4.78, 5) is 0. The third kappa shape index (κ3) is 17.9. The van der Waals surface area contributed by atoms with Gasteiger partial charge in [-0.2, -0.15) is 8.42 Å². The number of hydrogen-bond acceptors (Lipinski definition) is 4. The van der Waals surface area contributed by atoms with Crippen molar-refractivity contribution in [1.29, 1.82) is 0 Å². The van der Waals surface area contributed by atoms with E-state index in [1.54, 1.807) is 0 Å². The molecule has 0 saturated heterocycles. The second-order valence-corrected chi connectivity index (χ2v) is 6.95. The van der Waals surface area contributed by atoms with E-state index in [1.165, 1.54) is 44.9 Å². The summed E-state index contributed by atoms with van der Waals surface area (Å²) in [5.74, 6) is 0. The Morgan fingerprint density at radius 2 is 1.14 bits per heavy atom. The molecule has 0 aromatic carbocycles. The molecular formula is C16H37NO4S. The van der Waals surface area contributed by atoms with Crippen molar-refractivity contribution < 1.29 is 17.2 Å². The van der Waals surface area contributed by atoms with Crippen LogP contribution in [-0.2, 0) is 14.6 Å². The van der Waals surface area contributed by atoms with Crippen LogP contribution in [0.5, 0.6) is 0 Å². The molecule has 0 aliphatic rings. The molecule has 0 rings (SSSR count). The molecule has 1 atom stereocenters. The summed E-state index contributed by atoms with van der Waals surface area (Å²) < 4.78 is 35.4. The molecule has 0 aliphatic heterocycles. The number of unbranched alkanes of at least 4 members (excludes halogenated alkanes) is 9. The van der Waals surface area contributed by atoms with Gasteiger partial charge in [0.25, 0.3) is 0 Å². The summed E-state index contributed by atoms with van der Waals surface area (Å²) in [5.41, 5.74) is 0. The fourth-order valence-corrected chi connectivity index (χ4v) is 3.08. The van der Waals surface area contributed by atoms with E-state index in [9.17, 15) is 8.42 Å². The highest BCUT2D eigenvalue weighted by Crippen LogP contribution is 2.17. The van der Waals surface area contributed by atoms with Gasteiger partial charge in [-0.3, -0.25) is 4.55 Å². The lowest BCUT2D eigenvalue weighted by molar-refractivity contribution is 0.157. The molecule has 1 unspecified atom stereocenters. The number of hydrogen-bond donors (Lipinski definition) is 2. The van der Waals surface area contributed by atoms with E-state index in [0.29, 0.717) is 0 Å². The summed E-state index contributed by atoms with van der Waals surface area (Å²) in [7, 11) is -4.32. The van der Waals surface area contributed by atoms with Crippen LogP contribution in [0.1, 0.15) is 97.3 Å².